The highest BCUT2D eigenvalue weighted by Crippen LogP contribution is 2.37. The number of carbonyl (C=O) groups excluding carboxylic acids is 2. The summed E-state index contributed by atoms with van der Waals surface area (Å²) < 4.78 is 17.3. The van der Waals surface area contributed by atoms with Crippen LogP contribution in [0.5, 0.6) is 0 Å². The molecule has 25 heavy (non-hydrogen) atoms. The normalized spacial score (nSPS) is 18.9. The number of nitrogens with two attached hydrogens (primary N) is 2. The lowest BCUT2D eigenvalue weighted by Crippen LogP contribution is -2.37. The van der Waals surface area contributed by atoms with Crippen LogP contribution in [0.1, 0.15) is 54.0 Å². The minimum Gasteiger partial charge on any atom is -0.369 e. The van der Waals surface area contributed by atoms with Crippen molar-refractivity contribution < 1.29 is 13.8 Å². The van der Waals surface area contributed by atoms with Gasteiger partial charge >= 0.3 is 6.03 Å². The van der Waals surface area contributed by atoms with E-state index in [1.54, 1.807) is 6.92 Å². The van der Waals surface area contributed by atoms with Gasteiger partial charge in [-0.15, -0.1) is 4.36 Å². The summed E-state index contributed by atoms with van der Waals surface area (Å²) in [6.45, 7) is 1.73. The first-order valence-corrected chi connectivity index (χ1v) is 10.6. The van der Waals surface area contributed by atoms with Crippen molar-refractivity contribution in [3.63, 3.8) is 0 Å². The van der Waals surface area contributed by atoms with E-state index in [0.29, 0.717) is 0 Å². The second-order valence-corrected chi connectivity index (χ2v) is 9.32. The summed E-state index contributed by atoms with van der Waals surface area (Å²) in [7, 11) is -3.20. The van der Waals surface area contributed by atoms with E-state index in [1.165, 1.54) is 22.3 Å². The van der Waals surface area contributed by atoms with Gasteiger partial charge in [0.25, 0.3) is 0 Å². The summed E-state index contributed by atoms with van der Waals surface area (Å²) in [6.07, 6.45) is 6.35. The number of benzene rings is 1. The highest BCUT2D eigenvalue weighted by atomic mass is 32.2. The van der Waals surface area contributed by atoms with Crippen molar-refractivity contribution >= 4 is 21.7 Å². The van der Waals surface area contributed by atoms with E-state index in [0.717, 1.165) is 44.1 Å². The maximum Gasteiger partial charge on any atom is 0.346 e. The van der Waals surface area contributed by atoms with Crippen molar-refractivity contribution in [2.24, 2.45) is 15.8 Å². The van der Waals surface area contributed by atoms with Crippen molar-refractivity contribution in [3.8, 4) is 0 Å². The lowest BCUT2D eigenvalue weighted by atomic mass is 9.95. The van der Waals surface area contributed by atoms with Gasteiger partial charge in [0.2, 0.25) is 5.91 Å². The Morgan fingerprint density at radius 3 is 2.12 bits per heavy atom. The first-order valence-electron chi connectivity index (χ1n) is 8.83. The van der Waals surface area contributed by atoms with Gasteiger partial charge < -0.3 is 11.5 Å². The SMILES string of the molecule is CCC(C(N)=O)S(=O)(Cc1c2c(cc3c1CCC3)CCC2)=NC(N)=O. The van der Waals surface area contributed by atoms with Gasteiger partial charge in [-0.05, 0) is 72.8 Å². The van der Waals surface area contributed by atoms with Crippen molar-refractivity contribution in [1.29, 1.82) is 0 Å². The van der Waals surface area contributed by atoms with E-state index in [2.05, 4.69) is 10.4 Å². The van der Waals surface area contributed by atoms with Crippen LogP contribution in [0.25, 0.3) is 0 Å². The molecule has 4 N–H and O–H groups in total. The molecule has 0 spiro atoms. The van der Waals surface area contributed by atoms with Crippen LogP contribution in [-0.4, -0.2) is 21.4 Å². The Bertz CT molecular complexity index is 821. The van der Waals surface area contributed by atoms with Crippen LogP contribution in [-0.2, 0) is 46.0 Å². The molecule has 0 radical (unpaired) electrons. The van der Waals surface area contributed by atoms with Crippen LogP contribution in [0.2, 0.25) is 0 Å². The Hall–Kier alpha value is -1.89. The van der Waals surface area contributed by atoms with Gasteiger partial charge in [0, 0.05) is 0 Å². The molecule has 0 fully saturated rings. The Morgan fingerprint density at radius 2 is 1.68 bits per heavy atom. The zero-order valence-corrected chi connectivity index (χ0v) is 15.4. The molecule has 2 atom stereocenters. The van der Waals surface area contributed by atoms with Gasteiger partial charge in [-0.2, -0.15) is 0 Å². The van der Waals surface area contributed by atoms with Crippen LogP contribution in [0.15, 0.2) is 10.4 Å². The molecule has 0 saturated heterocycles. The molecule has 0 aromatic heterocycles. The van der Waals surface area contributed by atoms with Gasteiger partial charge in [-0.1, -0.05) is 13.0 Å². The predicted molar refractivity (Wildman–Crippen MR) is 97.6 cm³/mol. The molecule has 1 aromatic carbocycles. The van der Waals surface area contributed by atoms with E-state index >= 15 is 0 Å². The minimum atomic E-state index is -3.20. The number of aryl methyl sites for hydroxylation is 2. The van der Waals surface area contributed by atoms with E-state index in [-0.39, 0.29) is 12.2 Å². The van der Waals surface area contributed by atoms with Gasteiger partial charge in [-0.3, -0.25) is 4.79 Å². The summed E-state index contributed by atoms with van der Waals surface area (Å²) in [5.41, 5.74) is 16.8. The van der Waals surface area contributed by atoms with Crippen LogP contribution >= 0.6 is 0 Å². The zero-order valence-electron chi connectivity index (χ0n) is 14.5. The molecule has 136 valence electrons. The van der Waals surface area contributed by atoms with Crippen molar-refractivity contribution in [3.05, 3.63) is 33.9 Å². The predicted octanol–water partition coefficient (Wildman–Crippen LogP) is 1.97. The summed E-state index contributed by atoms with van der Waals surface area (Å²) in [5.74, 6) is -0.607. The largest absolute Gasteiger partial charge is 0.369 e. The lowest BCUT2D eigenvalue weighted by Gasteiger charge is -2.21. The molecular weight excluding hydrogens is 338 g/mol. The number of fused-ring (bicyclic) bond motifs is 2. The third-order valence-corrected chi connectivity index (χ3v) is 7.97. The van der Waals surface area contributed by atoms with Crippen LogP contribution < -0.4 is 11.5 Å². The molecule has 0 heterocycles. The molecule has 2 aliphatic rings. The fourth-order valence-corrected chi connectivity index (χ4v) is 6.65. The standard InChI is InChI=1S/C18H25N3O3S/c1-2-16(17(19)22)25(24,21-18(20)23)10-15-13-7-3-5-11(13)9-12-6-4-8-14(12)15/h9,16H,2-8,10H2,1H3,(H2,19,22)(H2,20,23). The number of primary amides is 2. The van der Waals surface area contributed by atoms with Crippen molar-refractivity contribution in [2.75, 3.05) is 0 Å². The quantitative estimate of drug-likeness (QED) is 0.833. The van der Waals surface area contributed by atoms with Gasteiger partial charge in [-0.25, -0.2) is 9.00 Å². The Kier molecular flexibility index (Phi) is 4.86. The van der Waals surface area contributed by atoms with Crippen molar-refractivity contribution in [1.82, 2.24) is 0 Å². The maximum atomic E-state index is 13.6. The molecule has 3 amide bonds. The van der Waals surface area contributed by atoms with E-state index in [1.807, 2.05) is 0 Å². The molecule has 1 aromatic rings. The van der Waals surface area contributed by atoms with Crippen LogP contribution in [0.4, 0.5) is 4.79 Å². The van der Waals surface area contributed by atoms with Crippen LogP contribution in [0.3, 0.4) is 0 Å². The number of urea groups is 1. The number of hydrogen-bond donors (Lipinski definition) is 2. The van der Waals surface area contributed by atoms with Gasteiger partial charge in [0.15, 0.2) is 0 Å². The van der Waals surface area contributed by atoms with Crippen LogP contribution in [0, 0.1) is 0 Å². The second kappa shape index (κ2) is 6.78. The maximum absolute atomic E-state index is 13.6. The molecule has 6 nitrogen and oxygen atoms in total. The monoisotopic (exact) mass is 363 g/mol. The van der Waals surface area contributed by atoms with E-state index < -0.39 is 26.9 Å². The molecule has 0 saturated carbocycles. The number of nitrogens with zero attached hydrogens (tertiary/aromatic N) is 1. The third kappa shape index (κ3) is 3.29. The number of rotatable bonds is 5. The molecule has 2 aliphatic carbocycles. The smallest absolute Gasteiger partial charge is 0.346 e. The Labute approximate surface area is 148 Å². The molecule has 2 unspecified atom stereocenters. The first kappa shape index (κ1) is 17.9. The topological polar surface area (TPSA) is 116 Å². The number of hydrogen-bond acceptors (Lipinski definition) is 3. The molecule has 3 rings (SSSR count). The van der Waals surface area contributed by atoms with Gasteiger partial charge in [0.1, 0.15) is 5.25 Å². The highest BCUT2D eigenvalue weighted by Gasteiger charge is 2.32. The third-order valence-electron chi connectivity index (χ3n) is 5.33. The molecule has 7 heteroatoms. The Balaban J connectivity index is 2.15. The number of carbonyl (C=O) groups is 2. The second-order valence-electron chi connectivity index (χ2n) is 6.90. The van der Waals surface area contributed by atoms with E-state index in [4.69, 9.17) is 11.5 Å². The van der Waals surface area contributed by atoms with Crippen molar-refractivity contribution in [2.45, 2.75) is 62.9 Å². The average molecular weight is 363 g/mol. The molecular formula is C18H25N3O3S. The fourth-order valence-electron chi connectivity index (χ4n) is 4.31. The fraction of sp³-hybridized carbons (Fsp3) is 0.556. The summed E-state index contributed by atoms with van der Waals surface area (Å²) in [6, 6.07) is 1.28. The average Bonchev–Trinajstić information content (AvgIpc) is 3.14. The summed E-state index contributed by atoms with van der Waals surface area (Å²) >= 11 is 0. The number of amides is 3. The zero-order chi connectivity index (χ0) is 18.2. The van der Waals surface area contributed by atoms with E-state index in [9.17, 15) is 13.8 Å². The van der Waals surface area contributed by atoms with Gasteiger partial charge in [0.05, 0.1) is 15.5 Å². The Morgan fingerprint density at radius 1 is 1.12 bits per heavy atom. The lowest BCUT2D eigenvalue weighted by molar-refractivity contribution is -0.117. The first-order chi connectivity index (χ1) is 11.9. The summed E-state index contributed by atoms with van der Waals surface area (Å²) in [5, 5.41) is -0.977. The summed E-state index contributed by atoms with van der Waals surface area (Å²) in [4.78, 5) is 23.3. The minimum absolute atomic E-state index is 0.0862. The molecule has 0 aliphatic heterocycles. The highest BCUT2D eigenvalue weighted by molar-refractivity contribution is 7.94. The molecule has 0 bridgehead atoms.